The second-order valence-electron chi connectivity index (χ2n) is 6.72. The first-order valence-corrected chi connectivity index (χ1v) is 9.89. The van der Waals surface area contributed by atoms with Crippen LogP contribution in [0.3, 0.4) is 0 Å². The van der Waals surface area contributed by atoms with Crippen LogP contribution in [-0.2, 0) is 24.0 Å². The first kappa shape index (κ1) is 18.5. The molecule has 1 N–H and O–H groups in total. The zero-order chi connectivity index (χ0) is 19.7. The molecule has 2 aromatic rings. The standard InChI is InChI=1S/C19H19N3O5S/c1-12-9-15(21-27-12)20-16(23)10-26-18(25)14-11-28-19(8-7-17(24)22(14)19)13-5-3-2-4-6-13/h2-6,9,14H,7-8,10-11H2,1H3,(H,20,21,23)/t14-,19+/m0/s1. The van der Waals surface area contributed by atoms with E-state index in [1.807, 2.05) is 30.3 Å². The number of aryl methyl sites for hydroxylation is 1. The molecule has 0 unspecified atom stereocenters. The van der Waals surface area contributed by atoms with Gasteiger partial charge in [-0.1, -0.05) is 35.5 Å². The zero-order valence-electron chi connectivity index (χ0n) is 15.2. The second-order valence-corrected chi connectivity index (χ2v) is 8.02. The first-order chi connectivity index (χ1) is 13.5. The highest BCUT2D eigenvalue weighted by atomic mass is 32.2. The minimum absolute atomic E-state index is 0.0710. The summed E-state index contributed by atoms with van der Waals surface area (Å²) in [6.45, 7) is 1.25. The van der Waals surface area contributed by atoms with Crippen LogP contribution in [0.5, 0.6) is 0 Å². The number of benzene rings is 1. The van der Waals surface area contributed by atoms with Gasteiger partial charge in [-0.15, -0.1) is 11.8 Å². The summed E-state index contributed by atoms with van der Waals surface area (Å²) in [4.78, 5) is 38.2. The number of nitrogens with one attached hydrogen (secondary N) is 1. The van der Waals surface area contributed by atoms with Crippen LogP contribution in [-0.4, -0.2) is 46.2 Å². The summed E-state index contributed by atoms with van der Waals surface area (Å²) in [7, 11) is 0. The lowest BCUT2D eigenvalue weighted by Crippen LogP contribution is -2.47. The van der Waals surface area contributed by atoms with Crippen LogP contribution in [0.15, 0.2) is 40.9 Å². The molecule has 9 heteroatoms. The maximum Gasteiger partial charge on any atom is 0.330 e. The van der Waals surface area contributed by atoms with Crippen LogP contribution >= 0.6 is 11.8 Å². The van der Waals surface area contributed by atoms with E-state index in [1.165, 1.54) is 0 Å². The second kappa shape index (κ2) is 7.31. The molecule has 0 radical (unpaired) electrons. The molecule has 0 saturated carbocycles. The van der Waals surface area contributed by atoms with E-state index in [2.05, 4.69) is 10.5 Å². The van der Waals surface area contributed by atoms with Gasteiger partial charge in [0, 0.05) is 18.2 Å². The third-order valence-electron chi connectivity index (χ3n) is 4.87. The normalized spacial score (nSPS) is 23.5. The molecule has 3 heterocycles. The molecule has 2 aliphatic rings. The summed E-state index contributed by atoms with van der Waals surface area (Å²) < 4.78 is 10.1. The molecule has 2 saturated heterocycles. The molecule has 146 valence electrons. The van der Waals surface area contributed by atoms with Gasteiger partial charge in [-0.05, 0) is 18.9 Å². The number of rotatable bonds is 5. The van der Waals surface area contributed by atoms with Crippen molar-refractivity contribution in [1.82, 2.24) is 10.1 Å². The van der Waals surface area contributed by atoms with Crippen molar-refractivity contribution >= 4 is 35.4 Å². The summed E-state index contributed by atoms with van der Waals surface area (Å²) in [5.74, 6) is 0.0800. The van der Waals surface area contributed by atoms with Crippen molar-refractivity contribution in [3.05, 3.63) is 47.7 Å². The van der Waals surface area contributed by atoms with Crippen molar-refractivity contribution < 1.29 is 23.6 Å². The number of hydrogen-bond donors (Lipinski definition) is 1. The van der Waals surface area contributed by atoms with Gasteiger partial charge in [-0.2, -0.15) is 0 Å². The lowest BCUT2D eigenvalue weighted by atomic mass is 10.0. The van der Waals surface area contributed by atoms with Gasteiger partial charge in [0.25, 0.3) is 5.91 Å². The maximum atomic E-state index is 12.6. The van der Waals surface area contributed by atoms with Gasteiger partial charge in [0.05, 0.1) is 0 Å². The summed E-state index contributed by atoms with van der Waals surface area (Å²) in [6, 6.07) is 10.6. The Morgan fingerprint density at radius 1 is 1.39 bits per heavy atom. The van der Waals surface area contributed by atoms with Crippen molar-refractivity contribution in [2.75, 3.05) is 17.7 Å². The average Bonchev–Trinajstić information content (AvgIpc) is 3.37. The minimum Gasteiger partial charge on any atom is -0.454 e. The fourth-order valence-electron chi connectivity index (χ4n) is 3.65. The Kier molecular flexibility index (Phi) is 4.84. The number of hydrogen-bond acceptors (Lipinski definition) is 7. The van der Waals surface area contributed by atoms with Crippen molar-refractivity contribution in [3.63, 3.8) is 0 Å². The molecule has 28 heavy (non-hydrogen) atoms. The molecule has 1 aromatic carbocycles. The predicted octanol–water partition coefficient (Wildman–Crippen LogP) is 2.06. The summed E-state index contributed by atoms with van der Waals surface area (Å²) in [5.41, 5.74) is 1.00. The van der Waals surface area contributed by atoms with Gasteiger partial charge >= 0.3 is 5.97 Å². The van der Waals surface area contributed by atoms with Crippen molar-refractivity contribution in [3.8, 4) is 0 Å². The van der Waals surface area contributed by atoms with Crippen LogP contribution in [0.2, 0.25) is 0 Å². The van der Waals surface area contributed by atoms with Gasteiger partial charge in [0.1, 0.15) is 16.7 Å². The van der Waals surface area contributed by atoms with Crippen LogP contribution in [0.25, 0.3) is 0 Å². The highest BCUT2D eigenvalue weighted by molar-refractivity contribution is 8.00. The molecule has 2 amide bonds. The zero-order valence-corrected chi connectivity index (χ0v) is 16.0. The van der Waals surface area contributed by atoms with E-state index in [0.29, 0.717) is 24.4 Å². The molecule has 2 fully saturated rings. The molecular formula is C19H19N3O5S. The van der Waals surface area contributed by atoms with E-state index in [1.54, 1.807) is 29.7 Å². The number of anilines is 1. The smallest absolute Gasteiger partial charge is 0.330 e. The quantitative estimate of drug-likeness (QED) is 0.765. The lowest BCUT2D eigenvalue weighted by Gasteiger charge is -2.33. The number of nitrogens with zero attached hydrogens (tertiary/aromatic N) is 2. The number of amides is 2. The highest BCUT2D eigenvalue weighted by Gasteiger charge is 2.57. The third kappa shape index (κ3) is 3.26. The van der Waals surface area contributed by atoms with Crippen molar-refractivity contribution in [2.24, 2.45) is 0 Å². The van der Waals surface area contributed by atoms with Crippen LogP contribution in [0.1, 0.15) is 24.2 Å². The Bertz CT molecular complexity index is 915. The minimum atomic E-state index is -0.706. The van der Waals surface area contributed by atoms with E-state index in [-0.39, 0.29) is 11.7 Å². The number of aromatic nitrogens is 1. The summed E-state index contributed by atoms with van der Waals surface area (Å²) in [6.07, 6.45) is 1.04. The Balaban J connectivity index is 1.42. The van der Waals surface area contributed by atoms with Crippen LogP contribution < -0.4 is 5.32 Å². The number of thioether (sulfide) groups is 1. The molecule has 2 aliphatic heterocycles. The first-order valence-electron chi connectivity index (χ1n) is 8.91. The third-order valence-corrected chi connectivity index (χ3v) is 6.46. The largest absolute Gasteiger partial charge is 0.454 e. The van der Waals surface area contributed by atoms with Crippen LogP contribution in [0, 0.1) is 6.92 Å². The van der Waals surface area contributed by atoms with Gasteiger partial charge in [-0.25, -0.2) is 4.79 Å². The topological polar surface area (TPSA) is 102 Å². The Labute approximate surface area is 165 Å². The molecule has 0 aliphatic carbocycles. The SMILES string of the molecule is Cc1cc(NC(=O)COC(=O)[C@@H]2CS[C@@]3(c4ccccc4)CCC(=O)N23)no1. The predicted molar refractivity (Wildman–Crippen MR) is 101 cm³/mol. The Hall–Kier alpha value is -2.81. The molecule has 0 spiro atoms. The molecule has 1 aromatic heterocycles. The Morgan fingerprint density at radius 3 is 2.89 bits per heavy atom. The van der Waals surface area contributed by atoms with Gasteiger partial charge in [0.15, 0.2) is 12.4 Å². The summed E-state index contributed by atoms with van der Waals surface area (Å²) in [5, 5.41) is 6.14. The summed E-state index contributed by atoms with van der Waals surface area (Å²) >= 11 is 1.57. The molecule has 4 rings (SSSR count). The van der Waals surface area contributed by atoms with E-state index in [9.17, 15) is 14.4 Å². The monoisotopic (exact) mass is 401 g/mol. The number of ether oxygens (including phenoxy) is 1. The highest BCUT2D eigenvalue weighted by Crippen LogP contribution is 2.54. The lowest BCUT2D eigenvalue weighted by molar-refractivity contribution is -0.155. The number of carbonyl (C=O) groups is 3. The molecule has 0 bridgehead atoms. The van der Waals surface area contributed by atoms with E-state index >= 15 is 0 Å². The Morgan fingerprint density at radius 2 is 2.18 bits per heavy atom. The van der Waals surface area contributed by atoms with Gasteiger partial charge in [-0.3, -0.25) is 9.59 Å². The van der Waals surface area contributed by atoms with Gasteiger partial charge in [0.2, 0.25) is 5.91 Å². The average molecular weight is 401 g/mol. The fraction of sp³-hybridized carbons (Fsp3) is 0.368. The van der Waals surface area contributed by atoms with Crippen molar-refractivity contribution in [2.45, 2.75) is 30.7 Å². The van der Waals surface area contributed by atoms with E-state index in [0.717, 1.165) is 5.56 Å². The van der Waals surface area contributed by atoms with Crippen LogP contribution in [0.4, 0.5) is 5.82 Å². The number of carbonyl (C=O) groups excluding carboxylic acids is 3. The van der Waals surface area contributed by atoms with Crippen molar-refractivity contribution in [1.29, 1.82) is 0 Å². The molecular weight excluding hydrogens is 382 g/mol. The number of fused-ring (bicyclic) bond motifs is 1. The van der Waals surface area contributed by atoms with E-state index < -0.39 is 29.4 Å². The molecule has 2 atom stereocenters. The van der Waals surface area contributed by atoms with E-state index in [4.69, 9.17) is 9.26 Å². The van der Waals surface area contributed by atoms with Gasteiger partial charge < -0.3 is 19.5 Å². The fourth-order valence-corrected chi connectivity index (χ4v) is 5.29. The number of esters is 1. The molecule has 8 nitrogen and oxygen atoms in total. The maximum absolute atomic E-state index is 12.6.